The number of benzene rings is 1. The van der Waals surface area contributed by atoms with E-state index in [1.807, 2.05) is 18.3 Å². The number of nitrogen functional groups attached to an aromatic ring is 1. The van der Waals surface area contributed by atoms with Gasteiger partial charge in [0.2, 0.25) is 0 Å². The van der Waals surface area contributed by atoms with E-state index in [2.05, 4.69) is 33.2 Å². The molecule has 2 aromatic rings. The molecule has 0 saturated carbocycles. The van der Waals surface area contributed by atoms with Gasteiger partial charge in [0.15, 0.2) is 0 Å². The zero-order valence-corrected chi connectivity index (χ0v) is 12.5. The summed E-state index contributed by atoms with van der Waals surface area (Å²) in [4.78, 5) is 8.99. The zero-order chi connectivity index (χ0) is 14.7. The van der Waals surface area contributed by atoms with E-state index >= 15 is 0 Å². The Morgan fingerprint density at radius 1 is 1.19 bits per heavy atom. The molecule has 0 atom stereocenters. The summed E-state index contributed by atoms with van der Waals surface area (Å²) in [5.41, 5.74) is 8.08. The molecule has 1 aromatic carbocycles. The highest BCUT2D eigenvalue weighted by molar-refractivity contribution is 5.98. The number of hydrogen-bond acceptors (Lipinski definition) is 5. The molecule has 1 saturated heterocycles. The Morgan fingerprint density at radius 2 is 2.00 bits per heavy atom. The minimum atomic E-state index is 0.813. The molecular weight excluding hydrogens is 262 g/mol. The number of piperazine rings is 1. The highest BCUT2D eigenvalue weighted by Gasteiger charge is 2.13. The fourth-order valence-corrected chi connectivity index (χ4v) is 2.77. The lowest BCUT2D eigenvalue weighted by Gasteiger charge is -2.32. The van der Waals surface area contributed by atoms with Crippen molar-refractivity contribution < 1.29 is 0 Å². The molecule has 0 amide bonds. The number of nitrogens with two attached hydrogens (primary N) is 1. The molecular formula is C16H23N5. The smallest absolute Gasteiger partial charge is 0.0630 e. The van der Waals surface area contributed by atoms with Crippen molar-refractivity contribution in [3.8, 4) is 0 Å². The van der Waals surface area contributed by atoms with Crippen LogP contribution in [0.2, 0.25) is 0 Å². The van der Waals surface area contributed by atoms with Crippen LogP contribution in [0.3, 0.4) is 0 Å². The largest absolute Gasteiger partial charge is 0.397 e. The summed E-state index contributed by atoms with van der Waals surface area (Å²) in [6, 6.07) is 6.08. The third kappa shape index (κ3) is 3.25. The van der Waals surface area contributed by atoms with Crippen LogP contribution in [0, 0.1) is 0 Å². The predicted octanol–water partition coefficient (Wildman–Crippen LogP) is 1.48. The fourth-order valence-electron chi connectivity index (χ4n) is 2.77. The fraction of sp³-hybridized carbons (Fsp3) is 0.438. The standard InChI is InChI=1S/C16H23N5/c1-20-8-10-21(11-9-20)7-6-19-15-3-2-13-12-18-5-4-14(13)16(15)17/h2-5,12,19H,6-11,17H2,1H3. The van der Waals surface area contributed by atoms with E-state index in [1.165, 1.54) is 0 Å². The SMILES string of the molecule is CN1CCN(CCNc2ccc3cnccc3c2N)CC1. The van der Waals surface area contributed by atoms with E-state index in [9.17, 15) is 0 Å². The van der Waals surface area contributed by atoms with Gasteiger partial charge in [0.1, 0.15) is 0 Å². The highest BCUT2D eigenvalue weighted by Crippen LogP contribution is 2.27. The van der Waals surface area contributed by atoms with E-state index in [4.69, 9.17) is 5.73 Å². The second kappa shape index (κ2) is 6.28. The minimum absolute atomic E-state index is 0.813. The molecule has 1 aromatic heterocycles. The van der Waals surface area contributed by atoms with Crippen LogP contribution in [0.1, 0.15) is 0 Å². The number of anilines is 2. The van der Waals surface area contributed by atoms with Crippen LogP contribution >= 0.6 is 0 Å². The van der Waals surface area contributed by atoms with Crippen molar-refractivity contribution in [1.29, 1.82) is 0 Å². The molecule has 5 heteroatoms. The number of rotatable bonds is 4. The minimum Gasteiger partial charge on any atom is -0.397 e. The van der Waals surface area contributed by atoms with E-state index in [1.54, 1.807) is 6.20 Å². The molecule has 0 spiro atoms. The molecule has 1 fully saturated rings. The van der Waals surface area contributed by atoms with Crippen molar-refractivity contribution in [2.45, 2.75) is 0 Å². The number of aromatic nitrogens is 1. The summed E-state index contributed by atoms with van der Waals surface area (Å²) in [6.45, 7) is 6.59. The molecule has 3 rings (SSSR count). The third-order valence-corrected chi connectivity index (χ3v) is 4.20. The molecule has 0 radical (unpaired) electrons. The molecule has 5 nitrogen and oxygen atoms in total. The predicted molar refractivity (Wildman–Crippen MR) is 88.6 cm³/mol. The first-order valence-electron chi connectivity index (χ1n) is 7.51. The molecule has 1 aliphatic rings. The van der Waals surface area contributed by atoms with Crippen LogP contribution in [-0.4, -0.2) is 61.1 Å². The lowest BCUT2D eigenvalue weighted by molar-refractivity contribution is 0.158. The van der Waals surface area contributed by atoms with Gasteiger partial charge in [-0.1, -0.05) is 6.07 Å². The van der Waals surface area contributed by atoms with Crippen molar-refractivity contribution in [3.05, 3.63) is 30.6 Å². The average molecular weight is 285 g/mol. The maximum Gasteiger partial charge on any atom is 0.0630 e. The van der Waals surface area contributed by atoms with Crippen molar-refractivity contribution >= 4 is 22.1 Å². The average Bonchev–Trinajstić information content (AvgIpc) is 2.52. The Morgan fingerprint density at radius 3 is 2.81 bits per heavy atom. The van der Waals surface area contributed by atoms with Crippen LogP contribution < -0.4 is 11.1 Å². The number of nitrogens with zero attached hydrogens (tertiary/aromatic N) is 3. The summed E-state index contributed by atoms with van der Waals surface area (Å²) in [5, 5.41) is 5.61. The van der Waals surface area contributed by atoms with Crippen LogP contribution in [-0.2, 0) is 0 Å². The van der Waals surface area contributed by atoms with Crippen LogP contribution in [0.5, 0.6) is 0 Å². The Kier molecular flexibility index (Phi) is 4.22. The van der Waals surface area contributed by atoms with Gasteiger partial charge in [0.25, 0.3) is 0 Å². The summed E-state index contributed by atoms with van der Waals surface area (Å²) < 4.78 is 0. The van der Waals surface area contributed by atoms with Crippen LogP contribution in [0.15, 0.2) is 30.6 Å². The Bertz CT molecular complexity index is 605. The first-order valence-corrected chi connectivity index (χ1v) is 7.51. The van der Waals surface area contributed by atoms with Gasteiger partial charge in [-0.15, -0.1) is 0 Å². The monoisotopic (exact) mass is 285 g/mol. The van der Waals surface area contributed by atoms with Crippen molar-refractivity contribution in [1.82, 2.24) is 14.8 Å². The normalized spacial score (nSPS) is 17.2. The number of likely N-dealkylation sites (N-methyl/N-ethyl adjacent to an activating group) is 1. The second-order valence-corrected chi connectivity index (χ2v) is 5.70. The maximum absolute atomic E-state index is 6.25. The maximum atomic E-state index is 6.25. The van der Waals surface area contributed by atoms with Gasteiger partial charge >= 0.3 is 0 Å². The molecule has 3 N–H and O–H groups in total. The van der Waals surface area contributed by atoms with Crippen molar-refractivity contribution in [3.63, 3.8) is 0 Å². The topological polar surface area (TPSA) is 57.4 Å². The van der Waals surface area contributed by atoms with Crippen molar-refractivity contribution in [2.24, 2.45) is 0 Å². The lowest BCUT2D eigenvalue weighted by atomic mass is 10.1. The van der Waals surface area contributed by atoms with Gasteiger partial charge < -0.3 is 16.0 Å². The first kappa shape index (κ1) is 14.1. The van der Waals surface area contributed by atoms with E-state index in [0.29, 0.717) is 0 Å². The van der Waals surface area contributed by atoms with E-state index in [-0.39, 0.29) is 0 Å². The molecule has 2 heterocycles. The number of nitrogens with one attached hydrogen (secondary N) is 1. The number of hydrogen-bond donors (Lipinski definition) is 2. The van der Waals surface area contributed by atoms with Gasteiger partial charge in [0, 0.05) is 62.4 Å². The van der Waals surface area contributed by atoms with E-state index < -0.39 is 0 Å². The van der Waals surface area contributed by atoms with Crippen LogP contribution in [0.25, 0.3) is 10.8 Å². The first-order chi connectivity index (χ1) is 10.2. The third-order valence-electron chi connectivity index (χ3n) is 4.20. The Labute approximate surface area is 125 Å². The summed E-state index contributed by atoms with van der Waals surface area (Å²) >= 11 is 0. The molecule has 0 bridgehead atoms. The number of fused-ring (bicyclic) bond motifs is 1. The summed E-state index contributed by atoms with van der Waals surface area (Å²) in [6.07, 6.45) is 3.63. The van der Waals surface area contributed by atoms with Crippen molar-refractivity contribution in [2.75, 3.05) is 57.4 Å². The van der Waals surface area contributed by atoms with Gasteiger partial charge in [-0.3, -0.25) is 9.88 Å². The lowest BCUT2D eigenvalue weighted by Crippen LogP contribution is -2.45. The summed E-state index contributed by atoms with van der Waals surface area (Å²) in [5.74, 6) is 0. The summed E-state index contributed by atoms with van der Waals surface area (Å²) in [7, 11) is 2.18. The number of pyridine rings is 1. The molecule has 112 valence electrons. The Hall–Kier alpha value is -1.85. The highest BCUT2D eigenvalue weighted by atomic mass is 15.2. The van der Waals surface area contributed by atoms with Gasteiger partial charge in [-0.25, -0.2) is 0 Å². The molecule has 1 aliphatic heterocycles. The molecule has 21 heavy (non-hydrogen) atoms. The van der Waals surface area contributed by atoms with Gasteiger partial charge in [-0.2, -0.15) is 0 Å². The van der Waals surface area contributed by atoms with Gasteiger partial charge in [-0.05, 0) is 19.2 Å². The molecule has 0 aliphatic carbocycles. The van der Waals surface area contributed by atoms with E-state index in [0.717, 1.165) is 61.4 Å². The van der Waals surface area contributed by atoms with Crippen LogP contribution in [0.4, 0.5) is 11.4 Å². The Balaban J connectivity index is 1.59. The molecule has 0 unspecified atom stereocenters. The zero-order valence-electron chi connectivity index (χ0n) is 12.5. The quantitative estimate of drug-likeness (QED) is 0.833. The van der Waals surface area contributed by atoms with Gasteiger partial charge in [0.05, 0.1) is 11.4 Å². The second-order valence-electron chi connectivity index (χ2n) is 5.70.